The highest BCUT2D eigenvalue weighted by Gasteiger charge is 2.07. The minimum Gasteiger partial charge on any atom is -0.481 e. The zero-order chi connectivity index (χ0) is 15.0. The Kier molecular flexibility index (Phi) is 6.42. The summed E-state index contributed by atoms with van der Waals surface area (Å²) in [4.78, 5) is 30.2. The second-order valence-electron chi connectivity index (χ2n) is 4.75. The van der Waals surface area contributed by atoms with Crippen LogP contribution >= 0.6 is 0 Å². The molecule has 1 aromatic heterocycles. The summed E-state index contributed by atoms with van der Waals surface area (Å²) in [5, 5.41) is 13.9. The summed E-state index contributed by atoms with van der Waals surface area (Å²) in [6.45, 7) is 4.49. The molecule has 1 unspecified atom stereocenters. The van der Waals surface area contributed by atoms with Crippen LogP contribution in [0.3, 0.4) is 0 Å². The molecule has 110 valence electrons. The summed E-state index contributed by atoms with van der Waals surface area (Å²) in [6.07, 6.45) is 3.91. The van der Waals surface area contributed by atoms with E-state index in [4.69, 9.17) is 5.11 Å². The fourth-order valence-corrected chi connectivity index (χ4v) is 1.48. The summed E-state index contributed by atoms with van der Waals surface area (Å²) in [5.41, 5.74) is 1.51. The van der Waals surface area contributed by atoms with Gasteiger partial charge >= 0.3 is 12.0 Å². The van der Waals surface area contributed by atoms with Gasteiger partial charge in [-0.25, -0.2) is 4.79 Å². The molecule has 0 saturated heterocycles. The molecular formula is C13H20N4O3. The lowest BCUT2D eigenvalue weighted by Gasteiger charge is -2.12. The van der Waals surface area contributed by atoms with Crippen LogP contribution in [0.1, 0.15) is 31.2 Å². The maximum atomic E-state index is 11.5. The highest BCUT2D eigenvalue weighted by atomic mass is 16.4. The minimum absolute atomic E-state index is 0.115. The van der Waals surface area contributed by atoms with E-state index in [1.54, 1.807) is 12.4 Å². The van der Waals surface area contributed by atoms with Crippen molar-refractivity contribution in [3.8, 4) is 0 Å². The van der Waals surface area contributed by atoms with Crippen molar-refractivity contribution in [2.24, 2.45) is 5.92 Å². The second-order valence-corrected chi connectivity index (χ2v) is 4.75. The van der Waals surface area contributed by atoms with Gasteiger partial charge in [0.25, 0.3) is 0 Å². The quantitative estimate of drug-likeness (QED) is 0.693. The molecule has 0 radical (unpaired) electrons. The lowest BCUT2D eigenvalue weighted by atomic mass is 10.1. The number of aromatic nitrogens is 2. The average Bonchev–Trinajstić information content (AvgIpc) is 2.42. The van der Waals surface area contributed by atoms with Crippen molar-refractivity contribution >= 4 is 12.0 Å². The van der Waals surface area contributed by atoms with Crippen LogP contribution in [0.2, 0.25) is 0 Å². The Hall–Kier alpha value is -2.18. The van der Waals surface area contributed by atoms with Gasteiger partial charge in [-0.1, -0.05) is 6.92 Å². The molecule has 20 heavy (non-hydrogen) atoms. The number of nitrogens with zero attached hydrogens (tertiary/aromatic N) is 2. The van der Waals surface area contributed by atoms with Crippen molar-refractivity contribution in [3.05, 3.63) is 23.8 Å². The van der Waals surface area contributed by atoms with Crippen LogP contribution in [-0.4, -0.2) is 33.6 Å². The van der Waals surface area contributed by atoms with Crippen LogP contribution in [0, 0.1) is 12.8 Å². The topological polar surface area (TPSA) is 104 Å². The van der Waals surface area contributed by atoms with Crippen molar-refractivity contribution in [2.45, 2.75) is 33.2 Å². The van der Waals surface area contributed by atoms with Crippen LogP contribution < -0.4 is 10.6 Å². The Bertz CT molecular complexity index is 447. The third kappa shape index (κ3) is 6.67. The number of hydrogen-bond acceptors (Lipinski definition) is 4. The zero-order valence-electron chi connectivity index (χ0n) is 11.7. The number of amides is 2. The van der Waals surface area contributed by atoms with E-state index in [2.05, 4.69) is 20.6 Å². The molecule has 0 aliphatic carbocycles. The van der Waals surface area contributed by atoms with Gasteiger partial charge in [-0.05, 0) is 19.3 Å². The molecule has 0 fully saturated rings. The molecular weight excluding hydrogens is 260 g/mol. The SMILES string of the molecule is Cc1cnc(CNC(=O)NCC(C)CCC(=O)O)cn1. The van der Waals surface area contributed by atoms with Crippen LogP contribution in [0.15, 0.2) is 12.4 Å². The average molecular weight is 280 g/mol. The maximum Gasteiger partial charge on any atom is 0.315 e. The fourth-order valence-electron chi connectivity index (χ4n) is 1.48. The van der Waals surface area contributed by atoms with Crippen molar-refractivity contribution in [2.75, 3.05) is 6.54 Å². The molecule has 0 bridgehead atoms. The number of nitrogens with one attached hydrogen (secondary N) is 2. The van der Waals surface area contributed by atoms with E-state index in [0.29, 0.717) is 25.2 Å². The molecule has 0 aliphatic heterocycles. The number of aryl methyl sites for hydroxylation is 1. The monoisotopic (exact) mass is 280 g/mol. The van der Waals surface area contributed by atoms with E-state index in [1.165, 1.54) is 0 Å². The number of hydrogen-bond donors (Lipinski definition) is 3. The predicted molar refractivity (Wildman–Crippen MR) is 73.0 cm³/mol. The van der Waals surface area contributed by atoms with E-state index < -0.39 is 5.97 Å². The molecule has 1 heterocycles. The summed E-state index contributed by atoms with van der Waals surface area (Å²) >= 11 is 0. The van der Waals surface area contributed by atoms with E-state index in [9.17, 15) is 9.59 Å². The molecule has 0 aliphatic rings. The van der Waals surface area contributed by atoms with Gasteiger partial charge in [-0.2, -0.15) is 0 Å². The summed E-state index contributed by atoms with van der Waals surface area (Å²) in [5.74, 6) is -0.699. The number of carbonyl (C=O) groups excluding carboxylic acids is 1. The molecule has 1 atom stereocenters. The number of aliphatic carboxylic acids is 1. The van der Waals surface area contributed by atoms with Gasteiger partial charge in [0, 0.05) is 19.2 Å². The number of carboxylic acid groups (broad SMARTS) is 1. The first kappa shape index (κ1) is 15.9. The molecule has 3 N–H and O–H groups in total. The summed E-state index contributed by atoms with van der Waals surface area (Å²) in [6, 6.07) is -0.297. The molecule has 0 spiro atoms. The highest BCUT2D eigenvalue weighted by Crippen LogP contribution is 2.03. The van der Waals surface area contributed by atoms with Gasteiger partial charge in [-0.3, -0.25) is 14.8 Å². The van der Waals surface area contributed by atoms with E-state index in [1.807, 2.05) is 13.8 Å². The third-order valence-corrected chi connectivity index (χ3v) is 2.73. The van der Waals surface area contributed by atoms with Crippen LogP contribution in [0.5, 0.6) is 0 Å². The second kappa shape index (κ2) is 8.08. The zero-order valence-corrected chi connectivity index (χ0v) is 11.7. The van der Waals surface area contributed by atoms with Crippen molar-refractivity contribution in [3.63, 3.8) is 0 Å². The number of carboxylic acids is 1. The number of rotatable bonds is 7. The summed E-state index contributed by atoms with van der Waals surface area (Å²) < 4.78 is 0. The Morgan fingerprint density at radius 3 is 2.65 bits per heavy atom. The Morgan fingerprint density at radius 1 is 1.30 bits per heavy atom. The van der Waals surface area contributed by atoms with Crippen LogP contribution in [0.25, 0.3) is 0 Å². The largest absolute Gasteiger partial charge is 0.481 e. The Labute approximate surface area is 117 Å². The molecule has 2 amide bonds. The first-order valence-corrected chi connectivity index (χ1v) is 6.48. The van der Waals surface area contributed by atoms with Gasteiger partial charge in [-0.15, -0.1) is 0 Å². The smallest absolute Gasteiger partial charge is 0.315 e. The molecule has 0 saturated carbocycles. The van der Waals surface area contributed by atoms with Gasteiger partial charge < -0.3 is 15.7 Å². The predicted octanol–water partition coefficient (Wildman–Crippen LogP) is 1.09. The minimum atomic E-state index is -0.820. The Morgan fingerprint density at radius 2 is 2.05 bits per heavy atom. The van der Waals surface area contributed by atoms with E-state index in [0.717, 1.165) is 5.69 Å². The van der Waals surface area contributed by atoms with Gasteiger partial charge in [0.05, 0.1) is 24.1 Å². The van der Waals surface area contributed by atoms with Crippen molar-refractivity contribution in [1.29, 1.82) is 0 Å². The lowest BCUT2D eigenvalue weighted by molar-refractivity contribution is -0.137. The number of urea groups is 1. The van der Waals surface area contributed by atoms with E-state index >= 15 is 0 Å². The Balaban J connectivity index is 2.20. The van der Waals surface area contributed by atoms with Crippen molar-refractivity contribution in [1.82, 2.24) is 20.6 Å². The van der Waals surface area contributed by atoms with Gasteiger partial charge in [0.2, 0.25) is 0 Å². The molecule has 7 nitrogen and oxygen atoms in total. The fraction of sp³-hybridized carbons (Fsp3) is 0.538. The normalized spacial score (nSPS) is 11.7. The van der Waals surface area contributed by atoms with Crippen LogP contribution in [-0.2, 0) is 11.3 Å². The highest BCUT2D eigenvalue weighted by molar-refractivity contribution is 5.73. The molecule has 1 aromatic rings. The van der Waals surface area contributed by atoms with Gasteiger partial charge in [0.1, 0.15) is 0 Å². The maximum absolute atomic E-state index is 11.5. The molecule has 7 heteroatoms. The summed E-state index contributed by atoms with van der Waals surface area (Å²) in [7, 11) is 0. The lowest BCUT2D eigenvalue weighted by Crippen LogP contribution is -2.37. The standard InChI is InChI=1S/C13H20N4O3/c1-9(3-4-12(18)19)5-16-13(20)17-8-11-7-14-10(2)6-15-11/h6-7,9H,3-5,8H2,1-2H3,(H,18,19)(H2,16,17,20). The molecule has 1 rings (SSSR count). The van der Waals surface area contributed by atoms with Gasteiger partial charge in [0.15, 0.2) is 0 Å². The third-order valence-electron chi connectivity index (χ3n) is 2.73. The first-order chi connectivity index (χ1) is 9.47. The van der Waals surface area contributed by atoms with E-state index in [-0.39, 0.29) is 18.4 Å². The molecule has 0 aromatic carbocycles. The van der Waals surface area contributed by atoms with Crippen LogP contribution in [0.4, 0.5) is 4.79 Å². The van der Waals surface area contributed by atoms with Crippen molar-refractivity contribution < 1.29 is 14.7 Å². The number of carbonyl (C=O) groups is 2. The first-order valence-electron chi connectivity index (χ1n) is 6.48.